The first-order valence-corrected chi connectivity index (χ1v) is 7.08. The van der Waals surface area contributed by atoms with Gasteiger partial charge in [0.2, 0.25) is 0 Å². The van der Waals surface area contributed by atoms with Gasteiger partial charge in [0.1, 0.15) is 0 Å². The second kappa shape index (κ2) is 6.84. The van der Waals surface area contributed by atoms with E-state index in [2.05, 4.69) is 12.2 Å². The van der Waals surface area contributed by atoms with Crippen LogP contribution in [-0.4, -0.2) is 63.4 Å². The zero-order chi connectivity index (χ0) is 13.7. The van der Waals surface area contributed by atoms with Crippen LogP contribution >= 0.6 is 11.8 Å². The summed E-state index contributed by atoms with van der Waals surface area (Å²) in [4.78, 5) is 24.4. The summed E-state index contributed by atoms with van der Waals surface area (Å²) < 4.78 is 0. The number of urea groups is 1. The Kier molecular flexibility index (Phi) is 5.74. The molecule has 2 amide bonds. The van der Waals surface area contributed by atoms with E-state index in [9.17, 15) is 14.7 Å². The number of nitrogens with zero attached hydrogens (tertiary/aromatic N) is 1. The molecule has 1 aliphatic rings. The number of rotatable bonds is 4. The van der Waals surface area contributed by atoms with Crippen LogP contribution in [0.25, 0.3) is 0 Å². The number of nitrogens with one attached hydrogen (secondary N) is 1. The number of carbonyl (C=O) groups excluding carboxylic acids is 1. The highest BCUT2D eigenvalue weighted by Crippen LogP contribution is 2.21. The Labute approximate surface area is 111 Å². The van der Waals surface area contributed by atoms with E-state index in [0.717, 1.165) is 12.2 Å². The first kappa shape index (κ1) is 15.1. The van der Waals surface area contributed by atoms with Crippen LogP contribution in [0.4, 0.5) is 4.79 Å². The minimum atomic E-state index is -1.26. The van der Waals surface area contributed by atoms with E-state index < -0.39 is 24.1 Å². The zero-order valence-corrected chi connectivity index (χ0v) is 11.4. The molecule has 18 heavy (non-hydrogen) atoms. The fraction of sp³-hybridized carbons (Fsp3) is 0.818. The fourth-order valence-electron chi connectivity index (χ4n) is 1.76. The molecule has 1 heterocycles. The second-order valence-corrected chi connectivity index (χ2v) is 5.76. The number of thioether (sulfide) groups is 1. The Morgan fingerprint density at radius 1 is 1.56 bits per heavy atom. The molecule has 0 aromatic carbocycles. The Balaban J connectivity index is 2.55. The summed E-state index contributed by atoms with van der Waals surface area (Å²) in [7, 11) is 0. The maximum absolute atomic E-state index is 11.9. The van der Waals surface area contributed by atoms with Crippen molar-refractivity contribution in [3.05, 3.63) is 0 Å². The molecule has 3 unspecified atom stereocenters. The fourth-order valence-corrected chi connectivity index (χ4v) is 2.94. The van der Waals surface area contributed by atoms with E-state index in [-0.39, 0.29) is 0 Å². The lowest BCUT2D eigenvalue weighted by Gasteiger charge is -2.33. The van der Waals surface area contributed by atoms with E-state index in [1.807, 2.05) is 11.8 Å². The Morgan fingerprint density at radius 2 is 2.22 bits per heavy atom. The minimum absolute atomic E-state index is 0.402. The van der Waals surface area contributed by atoms with Crippen molar-refractivity contribution < 1.29 is 19.8 Å². The molecule has 3 N–H and O–H groups in total. The van der Waals surface area contributed by atoms with Gasteiger partial charge in [-0.1, -0.05) is 6.92 Å². The molecule has 7 heteroatoms. The molecule has 1 saturated heterocycles. The molecule has 3 atom stereocenters. The number of carbonyl (C=O) groups is 2. The summed E-state index contributed by atoms with van der Waals surface area (Å²) in [6, 6.07) is -1.67. The standard InChI is InChI=1S/C11H20N2O4S/c1-3-8-6-13(4-5-18-8)11(17)12-9(7(2)14)10(15)16/h7-9,14H,3-6H2,1-2H3,(H,12,17)(H,15,16). The number of amides is 2. The van der Waals surface area contributed by atoms with Crippen LogP contribution in [0.1, 0.15) is 20.3 Å². The van der Waals surface area contributed by atoms with Crippen LogP contribution in [0.5, 0.6) is 0 Å². The van der Waals surface area contributed by atoms with Crippen LogP contribution in [0.3, 0.4) is 0 Å². The van der Waals surface area contributed by atoms with Gasteiger partial charge in [-0.15, -0.1) is 0 Å². The van der Waals surface area contributed by atoms with E-state index in [1.54, 1.807) is 4.90 Å². The summed E-state index contributed by atoms with van der Waals surface area (Å²) in [5.41, 5.74) is 0. The van der Waals surface area contributed by atoms with E-state index in [4.69, 9.17) is 5.11 Å². The summed E-state index contributed by atoms with van der Waals surface area (Å²) in [6.45, 7) is 4.65. The Bertz CT molecular complexity index is 311. The van der Waals surface area contributed by atoms with Gasteiger partial charge in [0, 0.05) is 24.1 Å². The van der Waals surface area contributed by atoms with Gasteiger partial charge >= 0.3 is 12.0 Å². The third-order valence-corrected chi connectivity index (χ3v) is 4.28. The van der Waals surface area contributed by atoms with Crippen molar-refractivity contribution in [2.24, 2.45) is 0 Å². The number of aliphatic hydroxyl groups is 1. The minimum Gasteiger partial charge on any atom is -0.480 e. The van der Waals surface area contributed by atoms with Gasteiger partial charge in [0.25, 0.3) is 0 Å². The molecule has 6 nitrogen and oxygen atoms in total. The smallest absolute Gasteiger partial charge is 0.328 e. The topological polar surface area (TPSA) is 89.9 Å². The van der Waals surface area contributed by atoms with Crippen LogP contribution in [0.15, 0.2) is 0 Å². The average Bonchev–Trinajstić information content (AvgIpc) is 2.34. The van der Waals surface area contributed by atoms with Crippen molar-refractivity contribution >= 4 is 23.8 Å². The highest BCUT2D eigenvalue weighted by Gasteiger charge is 2.29. The van der Waals surface area contributed by atoms with Gasteiger partial charge in [0.15, 0.2) is 6.04 Å². The number of hydrogen-bond acceptors (Lipinski definition) is 4. The van der Waals surface area contributed by atoms with Crippen molar-refractivity contribution in [2.75, 3.05) is 18.8 Å². The highest BCUT2D eigenvalue weighted by atomic mass is 32.2. The SMILES string of the molecule is CCC1CN(C(=O)NC(C(=O)O)C(C)O)CCS1. The maximum atomic E-state index is 11.9. The Hall–Kier alpha value is -0.950. The van der Waals surface area contributed by atoms with Crippen LogP contribution < -0.4 is 5.32 Å². The van der Waals surface area contributed by atoms with Crippen LogP contribution in [0, 0.1) is 0 Å². The predicted molar refractivity (Wildman–Crippen MR) is 69.7 cm³/mol. The van der Waals surface area contributed by atoms with E-state index in [0.29, 0.717) is 18.3 Å². The van der Waals surface area contributed by atoms with Crippen LogP contribution in [-0.2, 0) is 4.79 Å². The van der Waals surface area contributed by atoms with E-state index >= 15 is 0 Å². The van der Waals surface area contributed by atoms with Gasteiger partial charge in [-0.25, -0.2) is 9.59 Å². The molecule has 0 spiro atoms. The third kappa shape index (κ3) is 4.06. The van der Waals surface area contributed by atoms with Gasteiger partial charge in [0.05, 0.1) is 6.10 Å². The normalized spacial score (nSPS) is 23.3. The molecule has 0 aliphatic carbocycles. The Morgan fingerprint density at radius 3 is 2.72 bits per heavy atom. The lowest BCUT2D eigenvalue weighted by atomic mass is 10.2. The first-order valence-electron chi connectivity index (χ1n) is 6.03. The van der Waals surface area contributed by atoms with Gasteiger partial charge in [-0.3, -0.25) is 0 Å². The maximum Gasteiger partial charge on any atom is 0.328 e. The first-order chi connectivity index (χ1) is 8.45. The molecular weight excluding hydrogens is 256 g/mol. The van der Waals surface area contributed by atoms with Crippen molar-refractivity contribution in [3.63, 3.8) is 0 Å². The van der Waals surface area contributed by atoms with Gasteiger partial charge in [-0.2, -0.15) is 11.8 Å². The number of aliphatic hydroxyl groups excluding tert-OH is 1. The lowest BCUT2D eigenvalue weighted by Crippen LogP contribution is -2.54. The lowest BCUT2D eigenvalue weighted by molar-refractivity contribution is -0.141. The average molecular weight is 276 g/mol. The summed E-state index contributed by atoms with van der Waals surface area (Å²) in [5.74, 6) is -0.366. The third-order valence-electron chi connectivity index (χ3n) is 2.91. The van der Waals surface area contributed by atoms with Crippen molar-refractivity contribution in [1.29, 1.82) is 0 Å². The molecule has 0 radical (unpaired) electrons. The highest BCUT2D eigenvalue weighted by molar-refractivity contribution is 8.00. The molecule has 0 aromatic rings. The number of carboxylic acid groups (broad SMARTS) is 1. The summed E-state index contributed by atoms with van der Waals surface area (Å²) in [6.07, 6.45) is -0.139. The molecule has 104 valence electrons. The summed E-state index contributed by atoms with van der Waals surface area (Å²) >= 11 is 1.83. The number of carboxylic acids is 1. The molecule has 1 aliphatic heterocycles. The molecule has 1 rings (SSSR count). The largest absolute Gasteiger partial charge is 0.480 e. The zero-order valence-electron chi connectivity index (χ0n) is 10.6. The molecule has 1 fully saturated rings. The number of hydrogen-bond donors (Lipinski definition) is 3. The van der Waals surface area contributed by atoms with Crippen molar-refractivity contribution in [1.82, 2.24) is 10.2 Å². The monoisotopic (exact) mass is 276 g/mol. The van der Waals surface area contributed by atoms with Crippen molar-refractivity contribution in [3.8, 4) is 0 Å². The second-order valence-electron chi connectivity index (χ2n) is 4.35. The van der Waals surface area contributed by atoms with Crippen molar-refractivity contribution in [2.45, 2.75) is 37.7 Å². The predicted octanol–water partition coefficient (Wildman–Crippen LogP) is 0.357. The van der Waals surface area contributed by atoms with E-state index in [1.165, 1.54) is 6.92 Å². The molecular formula is C11H20N2O4S. The van der Waals surface area contributed by atoms with Gasteiger partial charge < -0.3 is 20.4 Å². The molecule has 0 aromatic heterocycles. The van der Waals surface area contributed by atoms with Crippen LogP contribution in [0.2, 0.25) is 0 Å². The molecule has 0 saturated carbocycles. The number of aliphatic carboxylic acids is 1. The summed E-state index contributed by atoms with van der Waals surface area (Å²) in [5, 5.41) is 21.0. The molecule has 0 bridgehead atoms. The van der Waals surface area contributed by atoms with Gasteiger partial charge in [-0.05, 0) is 13.3 Å². The quantitative estimate of drug-likeness (QED) is 0.689.